The molecule has 0 aliphatic carbocycles. The van der Waals surface area contributed by atoms with Crippen molar-refractivity contribution in [3.8, 4) is 0 Å². The maximum absolute atomic E-state index is 12.7. The summed E-state index contributed by atoms with van der Waals surface area (Å²) in [5, 5.41) is 18.9. The average molecular weight is 301 g/mol. The van der Waals surface area contributed by atoms with Gasteiger partial charge in [0.25, 0.3) is 5.91 Å². The van der Waals surface area contributed by atoms with Crippen LogP contribution in [0.5, 0.6) is 0 Å². The summed E-state index contributed by atoms with van der Waals surface area (Å²) in [7, 11) is 0. The van der Waals surface area contributed by atoms with Crippen molar-refractivity contribution in [3.63, 3.8) is 0 Å². The number of likely N-dealkylation sites (tertiary alicyclic amines) is 1. The molecule has 0 saturated carbocycles. The van der Waals surface area contributed by atoms with Crippen molar-refractivity contribution in [2.24, 2.45) is 0 Å². The van der Waals surface area contributed by atoms with E-state index in [1.54, 1.807) is 21.8 Å². The lowest BCUT2D eigenvalue weighted by atomic mass is 9.99. The van der Waals surface area contributed by atoms with Crippen LogP contribution >= 0.6 is 0 Å². The van der Waals surface area contributed by atoms with Gasteiger partial charge in [0.15, 0.2) is 6.35 Å². The van der Waals surface area contributed by atoms with Gasteiger partial charge in [-0.15, -0.1) is 0 Å². The minimum Gasteiger partial charge on any atom is -0.361 e. The topological polar surface area (TPSA) is 99.0 Å². The first-order valence-electron chi connectivity index (χ1n) is 7.07. The van der Waals surface area contributed by atoms with E-state index in [1.807, 2.05) is 18.2 Å². The Hall–Kier alpha value is -2.45. The number of fused-ring (bicyclic) bond motifs is 1. The van der Waals surface area contributed by atoms with Gasteiger partial charge in [-0.2, -0.15) is 5.10 Å². The number of carbonyl (C=O) groups is 2. The van der Waals surface area contributed by atoms with Crippen LogP contribution in [0.25, 0.3) is 5.52 Å². The predicted molar refractivity (Wildman–Crippen MR) is 75.7 cm³/mol. The van der Waals surface area contributed by atoms with Gasteiger partial charge < -0.3 is 15.3 Å². The Kier molecular flexibility index (Phi) is 2.72. The van der Waals surface area contributed by atoms with Crippen molar-refractivity contribution in [1.82, 2.24) is 25.1 Å². The Morgan fingerprint density at radius 3 is 3.09 bits per heavy atom. The van der Waals surface area contributed by atoms with Gasteiger partial charge in [-0.1, -0.05) is 6.07 Å². The molecule has 2 fully saturated rings. The third-order valence-corrected chi connectivity index (χ3v) is 4.33. The number of rotatable bonds is 1. The molecule has 2 aromatic heterocycles. The molecule has 2 aromatic rings. The highest BCUT2D eigenvalue weighted by molar-refractivity contribution is 6.01. The highest BCUT2D eigenvalue weighted by atomic mass is 16.3. The maximum atomic E-state index is 12.7. The predicted octanol–water partition coefficient (Wildman–Crippen LogP) is -1.09. The van der Waals surface area contributed by atoms with Crippen LogP contribution in [-0.2, 0) is 4.79 Å². The lowest BCUT2D eigenvalue weighted by molar-refractivity contribution is -0.124. The number of pyridine rings is 1. The fourth-order valence-electron chi connectivity index (χ4n) is 3.18. The van der Waals surface area contributed by atoms with Crippen LogP contribution in [0, 0.1) is 0 Å². The van der Waals surface area contributed by atoms with E-state index in [0.717, 1.165) is 5.52 Å². The first kappa shape index (κ1) is 13.2. The van der Waals surface area contributed by atoms with E-state index < -0.39 is 11.9 Å². The van der Waals surface area contributed by atoms with Crippen LogP contribution in [0.2, 0.25) is 0 Å². The van der Waals surface area contributed by atoms with E-state index in [9.17, 15) is 14.7 Å². The number of hydrogen-bond donors (Lipinski definition) is 3. The largest absolute Gasteiger partial charge is 0.361 e. The van der Waals surface area contributed by atoms with Crippen LogP contribution in [-0.4, -0.2) is 56.4 Å². The van der Waals surface area contributed by atoms with Crippen LogP contribution in [0.4, 0.5) is 0 Å². The zero-order valence-corrected chi connectivity index (χ0v) is 11.7. The number of nitrogens with one attached hydrogen (secondary N) is 2. The molecule has 2 unspecified atom stereocenters. The molecule has 0 bridgehead atoms. The minimum absolute atomic E-state index is 0.158. The van der Waals surface area contributed by atoms with Gasteiger partial charge in [-0.05, 0) is 18.6 Å². The smallest absolute Gasteiger partial charge is 0.257 e. The third kappa shape index (κ3) is 1.81. The molecule has 0 aromatic carbocycles. The van der Waals surface area contributed by atoms with E-state index in [1.165, 1.54) is 0 Å². The first-order valence-corrected chi connectivity index (χ1v) is 7.07. The quantitative estimate of drug-likeness (QED) is 0.622. The summed E-state index contributed by atoms with van der Waals surface area (Å²) >= 11 is 0. The van der Waals surface area contributed by atoms with Crippen LogP contribution < -0.4 is 10.6 Å². The number of amides is 2. The monoisotopic (exact) mass is 301 g/mol. The van der Waals surface area contributed by atoms with Crippen molar-refractivity contribution >= 4 is 17.3 Å². The fraction of sp³-hybridized carbons (Fsp3) is 0.357. The van der Waals surface area contributed by atoms with Crippen molar-refractivity contribution in [2.75, 3.05) is 13.1 Å². The molecule has 2 amide bonds. The molecule has 114 valence electrons. The Labute approximate surface area is 125 Å². The van der Waals surface area contributed by atoms with E-state index in [4.69, 9.17) is 0 Å². The summed E-state index contributed by atoms with van der Waals surface area (Å²) < 4.78 is 1.64. The molecule has 4 heterocycles. The SMILES string of the molecule is O=C(c1cnn2ccccc12)N1CCC2(C1)NC(O)NC2=O. The molecule has 8 nitrogen and oxygen atoms in total. The summed E-state index contributed by atoms with van der Waals surface area (Å²) in [6.45, 7) is 0.690. The third-order valence-electron chi connectivity index (χ3n) is 4.33. The Balaban J connectivity index is 1.61. The number of hydrogen-bond acceptors (Lipinski definition) is 5. The van der Waals surface area contributed by atoms with Gasteiger partial charge in [0.05, 0.1) is 17.3 Å². The second-order valence-corrected chi connectivity index (χ2v) is 5.67. The lowest BCUT2D eigenvalue weighted by Gasteiger charge is -2.21. The molecule has 2 saturated heterocycles. The number of aliphatic hydroxyl groups is 1. The number of aromatic nitrogens is 2. The second-order valence-electron chi connectivity index (χ2n) is 5.67. The van der Waals surface area contributed by atoms with E-state index in [-0.39, 0.29) is 18.4 Å². The Morgan fingerprint density at radius 1 is 1.45 bits per heavy atom. The molecule has 2 atom stereocenters. The van der Waals surface area contributed by atoms with E-state index in [0.29, 0.717) is 18.5 Å². The normalized spacial score (nSPS) is 27.8. The van der Waals surface area contributed by atoms with Crippen LogP contribution in [0.15, 0.2) is 30.6 Å². The number of carbonyl (C=O) groups excluding carboxylic acids is 2. The van der Waals surface area contributed by atoms with Gasteiger partial charge in [-0.3, -0.25) is 14.9 Å². The van der Waals surface area contributed by atoms with E-state index in [2.05, 4.69) is 15.7 Å². The minimum atomic E-state index is -1.06. The molecule has 22 heavy (non-hydrogen) atoms. The Bertz CT molecular complexity index is 773. The summed E-state index contributed by atoms with van der Waals surface area (Å²) in [6.07, 6.45) is 2.74. The molecule has 1 spiro atoms. The van der Waals surface area contributed by atoms with Crippen LogP contribution in [0.1, 0.15) is 16.8 Å². The first-order chi connectivity index (χ1) is 10.6. The van der Waals surface area contributed by atoms with Gasteiger partial charge >= 0.3 is 0 Å². The molecular formula is C14H15N5O3. The Morgan fingerprint density at radius 2 is 2.32 bits per heavy atom. The molecule has 8 heteroatoms. The standard InChI is InChI=1S/C14H15N5O3/c20-11(9-7-15-19-5-2-1-3-10(9)19)18-6-4-14(8-18)12(21)16-13(22)17-14/h1-3,5,7,13,17,22H,4,6,8H2,(H,16,21). The van der Waals surface area contributed by atoms with Crippen molar-refractivity contribution in [2.45, 2.75) is 18.3 Å². The zero-order chi connectivity index (χ0) is 15.3. The molecule has 2 aliphatic heterocycles. The maximum Gasteiger partial charge on any atom is 0.257 e. The van der Waals surface area contributed by atoms with Gasteiger partial charge in [0.2, 0.25) is 5.91 Å². The van der Waals surface area contributed by atoms with E-state index >= 15 is 0 Å². The summed E-state index contributed by atoms with van der Waals surface area (Å²) in [5.41, 5.74) is 0.354. The fourth-order valence-corrected chi connectivity index (χ4v) is 3.18. The van der Waals surface area contributed by atoms with Gasteiger partial charge in [0.1, 0.15) is 5.54 Å². The molecule has 4 rings (SSSR count). The lowest BCUT2D eigenvalue weighted by Crippen LogP contribution is -2.50. The molecule has 3 N–H and O–H groups in total. The highest BCUT2D eigenvalue weighted by Gasteiger charge is 2.51. The van der Waals surface area contributed by atoms with Gasteiger partial charge in [-0.25, -0.2) is 4.52 Å². The number of aliphatic hydroxyl groups excluding tert-OH is 1. The summed E-state index contributed by atoms with van der Waals surface area (Å²) in [6, 6.07) is 5.52. The molecule has 2 aliphatic rings. The van der Waals surface area contributed by atoms with Crippen molar-refractivity contribution in [1.29, 1.82) is 0 Å². The van der Waals surface area contributed by atoms with Crippen LogP contribution in [0.3, 0.4) is 0 Å². The zero-order valence-electron chi connectivity index (χ0n) is 11.7. The van der Waals surface area contributed by atoms with Crippen molar-refractivity contribution < 1.29 is 14.7 Å². The van der Waals surface area contributed by atoms with Crippen molar-refractivity contribution in [3.05, 3.63) is 36.2 Å². The molecule has 0 radical (unpaired) electrons. The highest BCUT2D eigenvalue weighted by Crippen LogP contribution is 2.27. The second kappa shape index (κ2) is 4.52. The average Bonchev–Trinajstić information content (AvgIpc) is 3.17. The number of nitrogens with zero attached hydrogens (tertiary/aromatic N) is 3. The summed E-state index contributed by atoms with van der Waals surface area (Å²) in [5.74, 6) is -0.427. The summed E-state index contributed by atoms with van der Waals surface area (Å²) in [4.78, 5) is 26.3. The molecular weight excluding hydrogens is 286 g/mol. The van der Waals surface area contributed by atoms with Gasteiger partial charge in [0, 0.05) is 19.3 Å².